The Hall–Kier alpha value is -0.690. The molecule has 46 heavy (non-hydrogen) atoms. The summed E-state index contributed by atoms with van der Waals surface area (Å²) >= 11 is 0. The number of carbonyl (C=O) groups is 1. The normalized spacial score (nSPS) is 52.6. The van der Waals surface area contributed by atoms with Crippen molar-refractivity contribution in [1.82, 2.24) is 0 Å². The van der Waals surface area contributed by atoms with Gasteiger partial charge < -0.3 is 44.8 Å². The molecule has 1 spiro atoms. The average molecular weight is 653 g/mol. The molecule has 0 radical (unpaired) electrons. The van der Waals surface area contributed by atoms with Crippen molar-refractivity contribution in [1.29, 1.82) is 0 Å². The first-order valence-electron chi connectivity index (χ1n) is 17.8. The number of aliphatic hydroxyl groups excluding tert-OH is 5. The fourth-order valence-corrected chi connectivity index (χ4v) is 12.0. The first-order valence-corrected chi connectivity index (χ1v) is 17.8. The lowest BCUT2D eigenvalue weighted by Gasteiger charge is -2.66. The number of hydrogen-bond acceptors (Lipinski definition) is 10. The monoisotopic (exact) mass is 652 g/mol. The minimum atomic E-state index is -1.51. The van der Waals surface area contributed by atoms with Gasteiger partial charge in [-0.3, -0.25) is 4.79 Å². The molecule has 4 saturated carbocycles. The number of ether oxygens (including phenoxy) is 3. The molecular weight excluding hydrogens is 592 g/mol. The van der Waals surface area contributed by atoms with Crippen molar-refractivity contribution in [2.45, 2.75) is 167 Å². The van der Waals surface area contributed by atoms with Crippen LogP contribution < -0.4 is 0 Å². The lowest BCUT2D eigenvalue weighted by molar-refractivity contribution is -0.326. The van der Waals surface area contributed by atoms with E-state index in [1.807, 2.05) is 0 Å². The molecule has 6 fully saturated rings. The third-order valence-electron chi connectivity index (χ3n) is 15.2. The standard InChI is InChI=1S/C36H60O10/c1-18(9-11-23(38)32(4,5)43)19-13-14-33(6)22-15-26-36(46-26)21(35(22,8)24(39)16-34(19,33)7)10-12-25(31(36,2)3)45-30-29(42)28(41)27(40)20(17-37)44-30/h18-23,25-30,37-38,40-43H,9-17H2,1-8H3/t18-,19-,20?,21-,22+,23+,25?,26-,27?,28?,29?,30?,33+,34-,35+,36+/m1/s1. The summed E-state index contributed by atoms with van der Waals surface area (Å²) in [5, 5.41) is 61.8. The molecular formula is C36H60O10. The first kappa shape index (κ1) is 35.1. The van der Waals surface area contributed by atoms with E-state index in [0.29, 0.717) is 36.9 Å². The zero-order valence-corrected chi connectivity index (χ0v) is 29.1. The summed E-state index contributed by atoms with van der Waals surface area (Å²) in [6, 6.07) is 0. The summed E-state index contributed by atoms with van der Waals surface area (Å²) in [6.45, 7) is 16.3. The van der Waals surface area contributed by atoms with Crippen molar-refractivity contribution in [3.05, 3.63) is 0 Å². The zero-order chi connectivity index (χ0) is 34.0. The summed E-state index contributed by atoms with van der Waals surface area (Å²) in [5.41, 5.74) is -3.00. The molecule has 0 aromatic rings. The maximum absolute atomic E-state index is 14.7. The molecule has 2 aliphatic heterocycles. The van der Waals surface area contributed by atoms with E-state index in [4.69, 9.17) is 14.2 Å². The summed E-state index contributed by atoms with van der Waals surface area (Å²) in [5.74, 6) is 1.19. The van der Waals surface area contributed by atoms with Crippen LogP contribution in [0.15, 0.2) is 0 Å². The molecule has 6 rings (SSSR count). The predicted octanol–water partition coefficient (Wildman–Crippen LogP) is 2.71. The third kappa shape index (κ3) is 4.64. The van der Waals surface area contributed by atoms with E-state index in [0.717, 1.165) is 32.1 Å². The van der Waals surface area contributed by atoms with E-state index >= 15 is 0 Å². The average Bonchev–Trinajstić information content (AvgIpc) is 3.65. The highest BCUT2D eigenvalue weighted by atomic mass is 16.7. The summed E-state index contributed by atoms with van der Waals surface area (Å²) in [4.78, 5) is 14.7. The van der Waals surface area contributed by atoms with E-state index < -0.39 is 71.6 Å². The van der Waals surface area contributed by atoms with E-state index in [1.54, 1.807) is 13.8 Å². The van der Waals surface area contributed by atoms with Gasteiger partial charge in [0.2, 0.25) is 0 Å². The Morgan fingerprint density at radius 1 is 0.957 bits per heavy atom. The molecule has 10 heteroatoms. The highest BCUT2D eigenvalue weighted by Crippen LogP contribution is 2.79. The maximum Gasteiger partial charge on any atom is 0.186 e. The third-order valence-corrected chi connectivity index (χ3v) is 15.2. The van der Waals surface area contributed by atoms with Gasteiger partial charge in [0, 0.05) is 23.2 Å². The molecule has 6 aliphatic rings. The van der Waals surface area contributed by atoms with Gasteiger partial charge in [-0.25, -0.2) is 0 Å². The number of ketones is 1. The van der Waals surface area contributed by atoms with Crippen molar-refractivity contribution in [3.8, 4) is 0 Å². The van der Waals surface area contributed by atoms with Gasteiger partial charge in [-0.2, -0.15) is 0 Å². The van der Waals surface area contributed by atoms with Gasteiger partial charge in [0.25, 0.3) is 0 Å². The van der Waals surface area contributed by atoms with Gasteiger partial charge >= 0.3 is 0 Å². The van der Waals surface area contributed by atoms with Gasteiger partial charge in [0.05, 0.1) is 30.5 Å². The topological polar surface area (TPSA) is 169 Å². The van der Waals surface area contributed by atoms with Gasteiger partial charge in [0.1, 0.15) is 35.8 Å². The summed E-state index contributed by atoms with van der Waals surface area (Å²) < 4.78 is 18.9. The second-order valence-corrected chi connectivity index (χ2v) is 17.9. The minimum absolute atomic E-state index is 0.0145. The van der Waals surface area contributed by atoms with Crippen LogP contribution in [0, 0.1) is 45.3 Å². The highest BCUT2D eigenvalue weighted by molar-refractivity contribution is 5.88. The quantitative estimate of drug-likeness (QED) is 0.169. The van der Waals surface area contributed by atoms with E-state index in [2.05, 4.69) is 41.5 Å². The number of epoxide rings is 1. The number of fused-ring (bicyclic) bond motifs is 4. The zero-order valence-electron chi connectivity index (χ0n) is 29.1. The Labute approximate surface area is 274 Å². The van der Waals surface area contributed by atoms with Gasteiger partial charge in [-0.15, -0.1) is 0 Å². The molecule has 4 aliphatic carbocycles. The largest absolute Gasteiger partial charge is 0.394 e. The number of Topliss-reactive ketones (excluding diaryl/α,β-unsaturated/α-hetero) is 1. The SMILES string of the molecule is C[C@H](CC[C@H](O)C(C)(C)O)[C@H]1CC[C@@]2(C)[C@@H]3C[C@H]4O[C@@]45[C@H](CCC(OC4OC(CO)C(O)C(O)C4O)C5(C)C)[C@]3(C)C(=O)C[C@]12C. The fourth-order valence-electron chi connectivity index (χ4n) is 12.0. The van der Waals surface area contributed by atoms with Crippen LogP contribution in [0.4, 0.5) is 0 Å². The Bertz CT molecular complexity index is 1180. The molecule has 2 saturated heterocycles. The number of rotatable bonds is 8. The van der Waals surface area contributed by atoms with Crippen LogP contribution in [0.5, 0.6) is 0 Å². The molecule has 6 unspecified atom stereocenters. The van der Waals surface area contributed by atoms with Crippen LogP contribution in [0.1, 0.15) is 107 Å². The van der Waals surface area contributed by atoms with Crippen LogP contribution >= 0.6 is 0 Å². The molecule has 0 bridgehead atoms. The lowest BCUT2D eigenvalue weighted by Crippen LogP contribution is -2.69. The second-order valence-electron chi connectivity index (χ2n) is 17.9. The van der Waals surface area contributed by atoms with Crippen molar-refractivity contribution in [2.24, 2.45) is 45.3 Å². The molecule has 0 aromatic heterocycles. The van der Waals surface area contributed by atoms with Crippen LogP contribution in [0.3, 0.4) is 0 Å². The number of aliphatic hydroxyl groups is 6. The van der Waals surface area contributed by atoms with E-state index in [9.17, 15) is 35.4 Å². The summed E-state index contributed by atoms with van der Waals surface area (Å²) in [7, 11) is 0. The number of hydrogen-bond donors (Lipinski definition) is 6. The van der Waals surface area contributed by atoms with Crippen LogP contribution in [0.2, 0.25) is 0 Å². The fraction of sp³-hybridized carbons (Fsp3) is 0.972. The minimum Gasteiger partial charge on any atom is -0.394 e. The van der Waals surface area contributed by atoms with Crippen LogP contribution in [-0.4, -0.2) is 103 Å². The molecule has 16 atom stereocenters. The van der Waals surface area contributed by atoms with Crippen LogP contribution in [0.25, 0.3) is 0 Å². The van der Waals surface area contributed by atoms with Crippen LogP contribution in [-0.2, 0) is 19.0 Å². The van der Waals surface area contributed by atoms with E-state index in [1.165, 1.54) is 0 Å². The highest BCUT2D eigenvalue weighted by Gasteiger charge is 2.83. The lowest BCUT2D eigenvalue weighted by atomic mass is 9.36. The molecule has 10 nitrogen and oxygen atoms in total. The Morgan fingerprint density at radius 3 is 2.26 bits per heavy atom. The molecule has 0 amide bonds. The van der Waals surface area contributed by atoms with Crippen molar-refractivity contribution in [3.63, 3.8) is 0 Å². The molecule has 264 valence electrons. The van der Waals surface area contributed by atoms with Crippen molar-refractivity contribution >= 4 is 5.78 Å². The Kier molecular flexibility index (Phi) is 8.52. The molecule has 0 aromatic carbocycles. The molecule has 2 heterocycles. The second kappa shape index (κ2) is 11.2. The van der Waals surface area contributed by atoms with Crippen molar-refractivity contribution in [2.75, 3.05) is 6.61 Å². The van der Waals surface area contributed by atoms with Gasteiger partial charge in [0.15, 0.2) is 6.29 Å². The number of carbonyl (C=O) groups excluding carboxylic acids is 1. The Morgan fingerprint density at radius 2 is 1.63 bits per heavy atom. The maximum atomic E-state index is 14.7. The summed E-state index contributed by atoms with van der Waals surface area (Å²) in [6.07, 6.45) is -1.76. The predicted molar refractivity (Wildman–Crippen MR) is 168 cm³/mol. The van der Waals surface area contributed by atoms with Gasteiger partial charge in [-0.05, 0) is 87.4 Å². The first-order chi connectivity index (χ1) is 21.2. The molecule has 6 N–H and O–H groups in total. The van der Waals surface area contributed by atoms with Crippen molar-refractivity contribution < 1.29 is 49.6 Å². The Balaban J connectivity index is 1.23. The van der Waals surface area contributed by atoms with Gasteiger partial charge in [-0.1, -0.05) is 41.5 Å². The van der Waals surface area contributed by atoms with E-state index in [-0.39, 0.29) is 28.8 Å². The smallest absolute Gasteiger partial charge is 0.186 e.